The number of rotatable bonds is 5. The van der Waals surface area contributed by atoms with Crippen molar-refractivity contribution in [2.75, 3.05) is 6.54 Å². The van der Waals surface area contributed by atoms with Crippen LogP contribution in [0.2, 0.25) is 0 Å². The summed E-state index contributed by atoms with van der Waals surface area (Å²) in [7, 11) is 0. The molecule has 0 aromatic rings. The van der Waals surface area contributed by atoms with Gasteiger partial charge in [0, 0.05) is 18.4 Å². The van der Waals surface area contributed by atoms with E-state index < -0.39 is 23.6 Å². The Morgan fingerprint density at radius 1 is 1.00 bits per heavy atom. The highest BCUT2D eigenvalue weighted by molar-refractivity contribution is 4.97. The number of hydrogen-bond donors (Lipinski definition) is 2. The Bertz CT molecular complexity index is 281. The Labute approximate surface area is 119 Å². The summed E-state index contributed by atoms with van der Waals surface area (Å²) in [5, 5.41) is 10.8. The molecule has 0 spiro atoms. The van der Waals surface area contributed by atoms with Crippen molar-refractivity contribution in [3.8, 4) is 0 Å². The molecule has 3 N–H and O–H groups in total. The monoisotopic (exact) mass is 295 g/mol. The molecule has 0 bridgehead atoms. The topological polar surface area (TPSA) is 46.2 Å². The molecule has 0 aromatic carbocycles. The van der Waals surface area contributed by atoms with Crippen molar-refractivity contribution < 1.29 is 18.3 Å². The maximum atomic E-state index is 12.3. The molecule has 1 aliphatic rings. The third kappa shape index (κ3) is 4.92. The average Bonchev–Trinajstić information content (AvgIpc) is 2.26. The lowest BCUT2D eigenvalue weighted by Crippen LogP contribution is -2.51. The minimum atomic E-state index is -4.15. The van der Waals surface area contributed by atoms with E-state index in [-0.39, 0.29) is 12.8 Å². The summed E-state index contributed by atoms with van der Waals surface area (Å²) >= 11 is 0. The van der Waals surface area contributed by atoms with Gasteiger partial charge in [0.15, 0.2) is 0 Å². The van der Waals surface area contributed by atoms with Crippen LogP contribution in [0, 0.1) is 5.41 Å². The van der Waals surface area contributed by atoms with Crippen molar-refractivity contribution in [3.63, 3.8) is 0 Å². The van der Waals surface area contributed by atoms with Crippen LogP contribution in [0.4, 0.5) is 13.2 Å². The van der Waals surface area contributed by atoms with E-state index in [0.29, 0.717) is 6.54 Å². The summed E-state index contributed by atoms with van der Waals surface area (Å²) in [6.45, 7) is 2.03. The number of alkyl halides is 3. The second-order valence-corrected chi connectivity index (χ2v) is 6.49. The molecule has 1 saturated carbocycles. The maximum Gasteiger partial charge on any atom is 0.389 e. The minimum Gasteiger partial charge on any atom is -0.390 e. The van der Waals surface area contributed by atoms with E-state index in [1.54, 1.807) is 6.92 Å². The lowest BCUT2D eigenvalue weighted by Gasteiger charge is -2.46. The van der Waals surface area contributed by atoms with Crippen LogP contribution in [-0.4, -0.2) is 23.4 Å². The van der Waals surface area contributed by atoms with Gasteiger partial charge in [-0.1, -0.05) is 32.1 Å². The van der Waals surface area contributed by atoms with E-state index in [0.717, 1.165) is 38.5 Å². The van der Waals surface area contributed by atoms with Gasteiger partial charge in [-0.2, -0.15) is 13.2 Å². The first-order chi connectivity index (χ1) is 9.22. The van der Waals surface area contributed by atoms with Gasteiger partial charge in [-0.15, -0.1) is 0 Å². The lowest BCUT2D eigenvalue weighted by atomic mass is 9.64. The summed E-state index contributed by atoms with van der Waals surface area (Å²) in [4.78, 5) is 0. The quantitative estimate of drug-likeness (QED) is 0.800. The zero-order chi connectivity index (χ0) is 15.3. The summed E-state index contributed by atoms with van der Waals surface area (Å²) in [5.74, 6) is 0. The van der Waals surface area contributed by atoms with Gasteiger partial charge in [0.25, 0.3) is 0 Å². The molecule has 0 amide bonds. The number of nitrogens with two attached hydrogens (primary N) is 1. The second-order valence-electron chi connectivity index (χ2n) is 6.49. The van der Waals surface area contributed by atoms with Gasteiger partial charge in [-0.3, -0.25) is 0 Å². The van der Waals surface area contributed by atoms with Crippen molar-refractivity contribution >= 4 is 0 Å². The summed E-state index contributed by atoms with van der Waals surface area (Å²) in [6.07, 6.45) is 2.28. The van der Waals surface area contributed by atoms with Crippen molar-refractivity contribution in [2.45, 2.75) is 82.9 Å². The molecule has 1 fully saturated rings. The van der Waals surface area contributed by atoms with Crippen molar-refractivity contribution in [1.82, 2.24) is 0 Å². The molecule has 20 heavy (non-hydrogen) atoms. The SMILES string of the molecule is CC(O)(CCCC(F)(F)F)C1(CN)CCCCCCC1. The third-order valence-corrected chi connectivity index (χ3v) is 4.97. The largest absolute Gasteiger partial charge is 0.390 e. The Hall–Kier alpha value is -0.290. The van der Waals surface area contributed by atoms with Crippen LogP contribution in [0.25, 0.3) is 0 Å². The number of halogens is 3. The van der Waals surface area contributed by atoms with E-state index in [4.69, 9.17) is 5.73 Å². The highest BCUT2D eigenvalue weighted by Gasteiger charge is 2.45. The molecular formula is C15H28F3NO. The molecule has 2 nitrogen and oxygen atoms in total. The fourth-order valence-corrected chi connectivity index (χ4v) is 3.44. The van der Waals surface area contributed by atoms with E-state index >= 15 is 0 Å². The molecule has 120 valence electrons. The van der Waals surface area contributed by atoms with Crippen LogP contribution in [0.5, 0.6) is 0 Å². The predicted molar refractivity (Wildman–Crippen MR) is 74.3 cm³/mol. The molecular weight excluding hydrogens is 267 g/mol. The van der Waals surface area contributed by atoms with Gasteiger partial charge in [-0.05, 0) is 32.6 Å². The molecule has 0 aliphatic heterocycles. The Kier molecular flexibility index (Phi) is 6.32. The van der Waals surface area contributed by atoms with E-state index in [2.05, 4.69) is 0 Å². The van der Waals surface area contributed by atoms with Gasteiger partial charge in [0.05, 0.1) is 5.60 Å². The van der Waals surface area contributed by atoms with E-state index in [1.165, 1.54) is 6.42 Å². The van der Waals surface area contributed by atoms with Gasteiger partial charge in [-0.25, -0.2) is 0 Å². The molecule has 0 radical (unpaired) electrons. The first-order valence-corrected chi connectivity index (χ1v) is 7.72. The van der Waals surface area contributed by atoms with E-state index in [9.17, 15) is 18.3 Å². The average molecular weight is 295 g/mol. The van der Waals surface area contributed by atoms with Gasteiger partial charge in [0.2, 0.25) is 0 Å². The van der Waals surface area contributed by atoms with Crippen molar-refractivity contribution in [1.29, 1.82) is 0 Å². The molecule has 1 rings (SSSR count). The summed E-state index contributed by atoms with van der Waals surface area (Å²) < 4.78 is 36.8. The van der Waals surface area contributed by atoms with Gasteiger partial charge in [0.1, 0.15) is 0 Å². The number of hydrogen-bond acceptors (Lipinski definition) is 2. The Morgan fingerprint density at radius 2 is 1.50 bits per heavy atom. The highest BCUT2D eigenvalue weighted by atomic mass is 19.4. The highest BCUT2D eigenvalue weighted by Crippen LogP contribution is 2.45. The van der Waals surface area contributed by atoms with Crippen LogP contribution in [0.15, 0.2) is 0 Å². The fraction of sp³-hybridized carbons (Fsp3) is 1.00. The number of aliphatic hydroxyl groups is 1. The zero-order valence-corrected chi connectivity index (χ0v) is 12.4. The first kappa shape index (κ1) is 17.8. The molecule has 0 heterocycles. The molecule has 0 saturated heterocycles. The van der Waals surface area contributed by atoms with Gasteiger partial charge >= 0.3 is 6.18 Å². The molecule has 5 heteroatoms. The van der Waals surface area contributed by atoms with Crippen LogP contribution in [0.1, 0.15) is 71.1 Å². The van der Waals surface area contributed by atoms with Crippen molar-refractivity contribution in [2.24, 2.45) is 11.1 Å². The van der Waals surface area contributed by atoms with Crippen LogP contribution >= 0.6 is 0 Å². The summed E-state index contributed by atoms with van der Waals surface area (Å²) in [6, 6.07) is 0. The molecule has 1 aliphatic carbocycles. The predicted octanol–water partition coefficient (Wildman–Crippen LogP) is 4.16. The summed E-state index contributed by atoms with van der Waals surface area (Å²) in [5.41, 5.74) is 4.40. The standard InChI is InChI=1S/C15H28F3NO/c1-13(20,8-7-11-15(16,17)18)14(12-19)9-5-3-2-4-6-10-14/h20H,2-12,19H2,1H3. The molecule has 1 unspecified atom stereocenters. The molecule has 1 atom stereocenters. The maximum absolute atomic E-state index is 12.3. The van der Waals surface area contributed by atoms with Gasteiger partial charge < -0.3 is 10.8 Å². The Balaban J connectivity index is 2.67. The second kappa shape index (κ2) is 7.12. The normalized spacial score (nSPS) is 23.7. The molecule has 0 aromatic heterocycles. The lowest BCUT2D eigenvalue weighted by molar-refractivity contribution is -0.142. The minimum absolute atomic E-state index is 0.0295. The first-order valence-electron chi connectivity index (χ1n) is 7.72. The van der Waals surface area contributed by atoms with Crippen LogP contribution < -0.4 is 5.73 Å². The van der Waals surface area contributed by atoms with Crippen LogP contribution in [-0.2, 0) is 0 Å². The van der Waals surface area contributed by atoms with E-state index in [1.807, 2.05) is 0 Å². The zero-order valence-electron chi connectivity index (χ0n) is 12.4. The smallest absolute Gasteiger partial charge is 0.389 e. The van der Waals surface area contributed by atoms with Crippen molar-refractivity contribution in [3.05, 3.63) is 0 Å². The fourth-order valence-electron chi connectivity index (χ4n) is 3.44. The van der Waals surface area contributed by atoms with Crippen LogP contribution in [0.3, 0.4) is 0 Å². The third-order valence-electron chi connectivity index (χ3n) is 4.97. The Morgan fingerprint density at radius 3 is 1.95 bits per heavy atom.